The van der Waals surface area contributed by atoms with Crippen LogP contribution < -0.4 is 5.73 Å². The van der Waals surface area contributed by atoms with Crippen molar-refractivity contribution >= 4 is 31.9 Å². The summed E-state index contributed by atoms with van der Waals surface area (Å²) in [6.45, 7) is 6.44. The first-order valence-electron chi connectivity index (χ1n) is 4.52. The lowest BCUT2D eigenvalue weighted by Gasteiger charge is -2.27. The number of halogens is 2. The molecule has 3 heteroatoms. The summed E-state index contributed by atoms with van der Waals surface area (Å²) in [4.78, 5) is 0. The van der Waals surface area contributed by atoms with Crippen molar-refractivity contribution in [1.29, 1.82) is 0 Å². The summed E-state index contributed by atoms with van der Waals surface area (Å²) in [6.07, 6.45) is 0. The highest BCUT2D eigenvalue weighted by atomic mass is 79.9. The van der Waals surface area contributed by atoms with Crippen LogP contribution in [0.1, 0.15) is 32.4 Å². The summed E-state index contributed by atoms with van der Waals surface area (Å²) in [7, 11) is 0. The maximum absolute atomic E-state index is 6.17. The molecule has 14 heavy (non-hydrogen) atoms. The van der Waals surface area contributed by atoms with Gasteiger partial charge in [-0.05, 0) is 29.2 Å². The maximum Gasteiger partial charge on any atom is 0.0344 e. The fourth-order valence-electron chi connectivity index (χ4n) is 1.25. The van der Waals surface area contributed by atoms with E-state index in [0.717, 1.165) is 14.5 Å². The van der Waals surface area contributed by atoms with Crippen molar-refractivity contribution in [1.82, 2.24) is 0 Å². The lowest BCUT2D eigenvalue weighted by Crippen LogP contribution is -2.26. The Morgan fingerprint density at radius 1 is 1.07 bits per heavy atom. The Bertz CT molecular complexity index is 308. The van der Waals surface area contributed by atoms with Crippen LogP contribution in [0.4, 0.5) is 0 Å². The second kappa shape index (κ2) is 4.33. The van der Waals surface area contributed by atoms with Crippen molar-refractivity contribution in [3.8, 4) is 0 Å². The van der Waals surface area contributed by atoms with Gasteiger partial charge in [0.1, 0.15) is 0 Å². The van der Waals surface area contributed by atoms with Gasteiger partial charge in [-0.3, -0.25) is 0 Å². The van der Waals surface area contributed by atoms with Crippen LogP contribution in [-0.4, -0.2) is 0 Å². The molecule has 0 radical (unpaired) electrons. The molecule has 0 saturated heterocycles. The Morgan fingerprint density at radius 2 is 1.50 bits per heavy atom. The van der Waals surface area contributed by atoms with E-state index in [1.807, 2.05) is 6.07 Å². The quantitative estimate of drug-likeness (QED) is 0.822. The van der Waals surface area contributed by atoms with Gasteiger partial charge in [0.15, 0.2) is 0 Å². The molecule has 0 bridgehead atoms. The smallest absolute Gasteiger partial charge is 0.0344 e. The van der Waals surface area contributed by atoms with Crippen molar-refractivity contribution in [3.05, 3.63) is 32.7 Å². The molecule has 0 saturated carbocycles. The fraction of sp³-hybridized carbons (Fsp3) is 0.455. The number of hydrogen-bond donors (Lipinski definition) is 1. The summed E-state index contributed by atoms with van der Waals surface area (Å²) < 4.78 is 2.11. The van der Waals surface area contributed by atoms with Crippen molar-refractivity contribution in [2.24, 2.45) is 11.1 Å². The molecule has 0 amide bonds. The Hall–Kier alpha value is 0.140. The van der Waals surface area contributed by atoms with E-state index in [-0.39, 0.29) is 11.5 Å². The topological polar surface area (TPSA) is 26.0 Å². The third-order valence-electron chi connectivity index (χ3n) is 2.18. The Balaban J connectivity index is 3.07. The monoisotopic (exact) mass is 319 g/mol. The van der Waals surface area contributed by atoms with Gasteiger partial charge in [0.05, 0.1) is 0 Å². The van der Waals surface area contributed by atoms with Crippen LogP contribution in [-0.2, 0) is 0 Å². The number of nitrogens with two attached hydrogens (primary N) is 1. The van der Waals surface area contributed by atoms with Crippen LogP contribution in [0.15, 0.2) is 27.1 Å². The predicted octanol–water partition coefficient (Wildman–Crippen LogP) is 4.26. The third-order valence-corrected chi connectivity index (χ3v) is 3.09. The fourth-order valence-corrected chi connectivity index (χ4v) is 2.58. The van der Waals surface area contributed by atoms with Gasteiger partial charge >= 0.3 is 0 Å². The molecule has 0 aliphatic carbocycles. The van der Waals surface area contributed by atoms with Gasteiger partial charge in [-0.25, -0.2) is 0 Å². The van der Waals surface area contributed by atoms with Gasteiger partial charge in [0.2, 0.25) is 0 Å². The van der Waals surface area contributed by atoms with Crippen LogP contribution in [0.5, 0.6) is 0 Å². The first kappa shape index (κ1) is 12.2. The molecule has 0 fully saturated rings. The van der Waals surface area contributed by atoms with Crippen molar-refractivity contribution < 1.29 is 0 Å². The van der Waals surface area contributed by atoms with E-state index in [9.17, 15) is 0 Å². The molecule has 78 valence electrons. The van der Waals surface area contributed by atoms with Gasteiger partial charge in [0, 0.05) is 15.0 Å². The maximum atomic E-state index is 6.17. The Kier molecular flexibility index (Phi) is 3.78. The predicted molar refractivity (Wildman–Crippen MR) is 68.2 cm³/mol. The van der Waals surface area contributed by atoms with Crippen LogP contribution in [0.25, 0.3) is 0 Å². The summed E-state index contributed by atoms with van der Waals surface area (Å²) in [5.41, 5.74) is 7.40. The molecule has 1 nitrogen and oxygen atoms in total. The molecule has 0 heterocycles. The minimum atomic E-state index is 0.0521. The van der Waals surface area contributed by atoms with Crippen molar-refractivity contribution in [3.63, 3.8) is 0 Å². The highest BCUT2D eigenvalue weighted by Crippen LogP contribution is 2.33. The van der Waals surface area contributed by atoms with E-state index in [1.54, 1.807) is 0 Å². The third kappa shape index (κ3) is 3.07. The zero-order valence-electron chi connectivity index (χ0n) is 8.64. The van der Waals surface area contributed by atoms with Crippen LogP contribution in [0, 0.1) is 5.41 Å². The van der Waals surface area contributed by atoms with E-state index in [2.05, 4.69) is 64.8 Å². The van der Waals surface area contributed by atoms with Crippen LogP contribution >= 0.6 is 31.9 Å². The van der Waals surface area contributed by atoms with E-state index < -0.39 is 0 Å². The zero-order valence-corrected chi connectivity index (χ0v) is 11.8. The van der Waals surface area contributed by atoms with Gasteiger partial charge in [0.25, 0.3) is 0 Å². The average molecular weight is 321 g/mol. The minimum Gasteiger partial charge on any atom is -0.324 e. The highest BCUT2D eigenvalue weighted by molar-refractivity contribution is 9.11. The van der Waals surface area contributed by atoms with E-state index in [1.165, 1.54) is 0 Å². The molecule has 1 rings (SSSR count). The summed E-state index contributed by atoms with van der Waals surface area (Å²) in [5, 5.41) is 0. The van der Waals surface area contributed by atoms with Crippen molar-refractivity contribution in [2.45, 2.75) is 26.8 Å². The van der Waals surface area contributed by atoms with Gasteiger partial charge < -0.3 is 5.73 Å². The normalized spacial score (nSPS) is 14.1. The molecule has 1 aromatic rings. The van der Waals surface area contributed by atoms with E-state index >= 15 is 0 Å². The van der Waals surface area contributed by atoms with Crippen LogP contribution in [0.3, 0.4) is 0 Å². The number of hydrogen-bond acceptors (Lipinski definition) is 1. The molecule has 1 atom stereocenters. The zero-order chi connectivity index (χ0) is 10.9. The molecule has 2 N–H and O–H groups in total. The van der Waals surface area contributed by atoms with E-state index in [0.29, 0.717) is 0 Å². The summed E-state index contributed by atoms with van der Waals surface area (Å²) in [6, 6.07) is 6.21. The standard InChI is InChI=1S/C11H15Br2N/c1-11(2,3)10(14)7-4-8(12)6-9(13)5-7/h4-6,10H,14H2,1-3H3/t10-/m0/s1. The molecule has 0 aliphatic heterocycles. The molecule has 0 spiro atoms. The first-order chi connectivity index (χ1) is 6.30. The lowest BCUT2D eigenvalue weighted by molar-refractivity contribution is 0.327. The van der Waals surface area contributed by atoms with E-state index in [4.69, 9.17) is 5.73 Å². The SMILES string of the molecule is CC(C)(C)[C@@H](N)c1cc(Br)cc(Br)c1. The second-order valence-corrected chi connectivity index (χ2v) is 6.38. The average Bonchev–Trinajstić information content (AvgIpc) is 1.99. The minimum absolute atomic E-state index is 0.0521. The molecule has 1 aromatic carbocycles. The largest absolute Gasteiger partial charge is 0.324 e. The number of rotatable bonds is 1. The van der Waals surface area contributed by atoms with Gasteiger partial charge in [-0.1, -0.05) is 52.6 Å². The molecule has 0 aromatic heterocycles. The molecule has 0 unspecified atom stereocenters. The highest BCUT2D eigenvalue weighted by Gasteiger charge is 2.22. The lowest BCUT2D eigenvalue weighted by atomic mass is 9.83. The second-order valence-electron chi connectivity index (χ2n) is 4.55. The Morgan fingerprint density at radius 3 is 1.86 bits per heavy atom. The van der Waals surface area contributed by atoms with Crippen LogP contribution in [0.2, 0.25) is 0 Å². The molecular weight excluding hydrogens is 306 g/mol. The Labute approximate surface area is 102 Å². The van der Waals surface area contributed by atoms with Crippen molar-refractivity contribution in [2.75, 3.05) is 0 Å². The van der Waals surface area contributed by atoms with Gasteiger partial charge in [-0.2, -0.15) is 0 Å². The van der Waals surface area contributed by atoms with Gasteiger partial charge in [-0.15, -0.1) is 0 Å². The molecule has 0 aliphatic rings. The number of benzene rings is 1. The summed E-state index contributed by atoms with van der Waals surface area (Å²) >= 11 is 6.92. The molecular formula is C11H15Br2N. The summed E-state index contributed by atoms with van der Waals surface area (Å²) in [5.74, 6) is 0. The first-order valence-corrected chi connectivity index (χ1v) is 6.11.